The molecule has 1 saturated heterocycles. The molecule has 5 heterocycles. The number of oxime groups is 1. The quantitative estimate of drug-likeness (QED) is 0.0744. The van der Waals surface area contributed by atoms with Crippen molar-refractivity contribution in [3.63, 3.8) is 0 Å². The molecule has 0 spiro atoms. The predicted octanol–water partition coefficient (Wildman–Crippen LogP) is 4.41. The van der Waals surface area contributed by atoms with Crippen LogP contribution in [0.3, 0.4) is 0 Å². The minimum absolute atomic E-state index is 0.00981. The van der Waals surface area contributed by atoms with E-state index in [-0.39, 0.29) is 56.5 Å². The third-order valence-electron chi connectivity index (χ3n) is 12.5. The number of Topliss-reactive ketones (excluding diaryl/α,β-unsaturated/α-hetero) is 1. The van der Waals surface area contributed by atoms with Gasteiger partial charge < -0.3 is 58.7 Å². The maximum atomic E-state index is 17.0. The number of aliphatic hydroxyl groups excluding tert-OH is 1. The summed E-state index contributed by atoms with van der Waals surface area (Å²) in [6.07, 6.45) is -5.27. The third-order valence-corrected chi connectivity index (χ3v) is 13.9. The number of rotatable bonds is 12. The average molecular weight is 985 g/mol. The van der Waals surface area contributed by atoms with Gasteiger partial charge in [-0.1, -0.05) is 32.9 Å². The molecule has 20 nitrogen and oxygen atoms in total. The minimum atomic E-state index is -4.55. The number of aliphatic hydroxyl groups is 2. The molecule has 0 unspecified atom stereocenters. The van der Waals surface area contributed by atoms with Gasteiger partial charge in [0.25, 0.3) is 5.67 Å². The number of hydrogen-bond acceptors (Lipinski definition) is 17. The van der Waals surface area contributed by atoms with Gasteiger partial charge in [0.2, 0.25) is 5.91 Å². The summed E-state index contributed by atoms with van der Waals surface area (Å²) >= 11 is 1.15. The summed E-state index contributed by atoms with van der Waals surface area (Å²) in [5.74, 6) is -5.22. The summed E-state index contributed by atoms with van der Waals surface area (Å²) in [5.41, 5.74) is -5.15. The molecule has 1 amide bonds. The van der Waals surface area contributed by atoms with Crippen LogP contribution in [0.1, 0.15) is 93.7 Å². The molecule has 0 saturated carbocycles. The highest BCUT2D eigenvalue weighted by Crippen LogP contribution is 2.42. The van der Waals surface area contributed by atoms with Crippen molar-refractivity contribution in [2.24, 2.45) is 17.0 Å². The van der Waals surface area contributed by atoms with E-state index in [4.69, 9.17) is 28.5 Å². The first-order valence-corrected chi connectivity index (χ1v) is 24.7. The van der Waals surface area contributed by atoms with Crippen LogP contribution in [0.2, 0.25) is 0 Å². The van der Waals surface area contributed by atoms with Gasteiger partial charge in [0.15, 0.2) is 18.7 Å². The van der Waals surface area contributed by atoms with Crippen molar-refractivity contribution in [2.75, 3.05) is 32.4 Å². The Labute approximate surface area is 394 Å². The van der Waals surface area contributed by atoms with Crippen LogP contribution >= 0.6 is 19.1 Å². The average Bonchev–Trinajstić information content (AvgIpc) is 3.71. The number of allylic oxidation sites excluding steroid dienone is 1. The number of carbonyl (C=O) groups excluding carboxylic acids is 3. The molecule has 12 atom stereocenters. The number of cyclic esters (lactones) is 1. The molecule has 2 bridgehead atoms. The van der Waals surface area contributed by atoms with Gasteiger partial charge in [-0.3, -0.25) is 19.7 Å². The van der Waals surface area contributed by atoms with Crippen LogP contribution in [-0.2, 0) is 54.1 Å². The lowest BCUT2D eigenvalue weighted by Gasteiger charge is -2.47. The SMILES string of the molecule is CCC(=O)NC1=C(C)[C@H]2OCC(=NOCc3ccc(-c4nc(NP(=O)(O)O)cs4)cn3)CO[C@](C)(C[C@H]1C)[C@H](O[C@@H]1O[C@H](C)C[C@H](N(C)C)[C@H]1O)[C@@H](C)C(=O)[C@](C)(F)C(=O)O[C@H](CC)[C@@]2(C)O. The first-order valence-electron chi connectivity index (χ1n) is 22.2. The number of esters is 1. The van der Waals surface area contributed by atoms with Gasteiger partial charge in [-0.25, -0.2) is 18.7 Å². The summed E-state index contributed by atoms with van der Waals surface area (Å²) in [4.78, 5) is 76.4. The van der Waals surface area contributed by atoms with Crippen LogP contribution < -0.4 is 10.4 Å². The number of fused-ring (bicyclic) bond motifs is 4. The number of carbonyl (C=O) groups is 3. The maximum absolute atomic E-state index is 17.0. The standard InChI is InChI=1S/C44H66FN6O14PS/c1-12-31-44(9,56)38-25(5)34(48-33(52)13-2)23(3)17-42(7,37(26(6)36(54)43(8,45)41(55)64-31)65-40-35(53)30(51(10)11)16-24(4)63-40)61-20-29(19-60-38)49-62-21-28-15-14-27(18-46-28)39-47-32(22-67-39)50-66(57,58)59/h14-15,18,22-24,26,30-31,35,37-38,40,53,56H,12-13,16-17,19-21H2,1-11H3,(H,48,52)(H3,50,57,58,59)/t23-,24-,26+,30+,31-,35-,37-,38-,40+,42-,43+,44-/m1/s1. The molecule has 374 valence electrons. The van der Waals surface area contributed by atoms with E-state index < -0.39 is 91.1 Å². The van der Waals surface area contributed by atoms with E-state index in [0.29, 0.717) is 34.0 Å². The fourth-order valence-electron chi connectivity index (χ4n) is 8.92. The Morgan fingerprint density at radius 2 is 1.84 bits per heavy atom. The minimum Gasteiger partial charge on any atom is -0.457 e. The van der Waals surface area contributed by atoms with Gasteiger partial charge in [-0.2, -0.15) is 0 Å². The van der Waals surface area contributed by atoms with Crippen LogP contribution in [0.25, 0.3) is 10.6 Å². The highest BCUT2D eigenvalue weighted by molar-refractivity contribution is 7.53. The fraction of sp³-hybridized carbons (Fsp3) is 0.682. The normalized spacial score (nSPS) is 34.5. The number of ketones is 1. The molecule has 6 N–H and O–H groups in total. The first-order chi connectivity index (χ1) is 31.2. The van der Waals surface area contributed by atoms with Crippen molar-refractivity contribution in [3.05, 3.63) is 40.7 Å². The highest BCUT2D eigenvalue weighted by Gasteiger charge is 2.56. The zero-order valence-electron chi connectivity index (χ0n) is 39.8. The molecular formula is C44H66FN6O14PS. The van der Waals surface area contributed by atoms with Crippen molar-refractivity contribution >= 4 is 48.3 Å². The van der Waals surface area contributed by atoms with Gasteiger partial charge in [-0.15, -0.1) is 11.3 Å². The number of nitrogens with zero attached hydrogens (tertiary/aromatic N) is 4. The number of amides is 1. The number of halogens is 1. The Bertz CT molecular complexity index is 2190. The van der Waals surface area contributed by atoms with Crippen molar-refractivity contribution in [1.29, 1.82) is 0 Å². The maximum Gasteiger partial charge on any atom is 0.428 e. The number of aromatic nitrogens is 2. The van der Waals surface area contributed by atoms with Crippen molar-refractivity contribution in [2.45, 2.75) is 154 Å². The van der Waals surface area contributed by atoms with Gasteiger partial charge in [0, 0.05) is 41.2 Å². The topological polar surface area (TPSA) is 270 Å². The highest BCUT2D eigenvalue weighted by atomic mass is 32.1. The Morgan fingerprint density at radius 1 is 1.13 bits per heavy atom. The van der Waals surface area contributed by atoms with E-state index in [9.17, 15) is 38.9 Å². The second-order valence-corrected chi connectivity index (χ2v) is 20.5. The Hall–Kier alpha value is -3.80. The fourth-order valence-corrected chi connectivity index (χ4v) is 10.2. The molecule has 5 rings (SSSR count). The lowest BCUT2D eigenvalue weighted by molar-refractivity contribution is -0.296. The van der Waals surface area contributed by atoms with Crippen molar-refractivity contribution < 1.29 is 71.9 Å². The summed E-state index contributed by atoms with van der Waals surface area (Å²) in [6.45, 7) is 12.9. The molecule has 23 heteroatoms. The molecule has 3 aliphatic rings. The van der Waals surface area contributed by atoms with Crippen LogP contribution in [-0.4, -0.2) is 145 Å². The van der Waals surface area contributed by atoms with Gasteiger partial charge >= 0.3 is 13.7 Å². The first kappa shape index (κ1) is 54.1. The second kappa shape index (κ2) is 21.9. The largest absolute Gasteiger partial charge is 0.457 e. The summed E-state index contributed by atoms with van der Waals surface area (Å²) in [6, 6.07) is 2.91. The third kappa shape index (κ3) is 12.9. The molecule has 0 radical (unpaired) electrons. The van der Waals surface area contributed by atoms with Crippen LogP contribution in [0.5, 0.6) is 0 Å². The van der Waals surface area contributed by atoms with E-state index >= 15 is 4.39 Å². The monoisotopic (exact) mass is 984 g/mol. The molecule has 2 aromatic rings. The number of hydrogen-bond donors (Lipinski definition) is 6. The zero-order valence-corrected chi connectivity index (χ0v) is 41.6. The zero-order chi connectivity index (χ0) is 49.8. The van der Waals surface area contributed by atoms with Crippen molar-refractivity contribution in [3.8, 4) is 10.6 Å². The van der Waals surface area contributed by atoms with Gasteiger partial charge in [0.1, 0.15) is 40.5 Å². The number of alkyl halides is 1. The number of nitrogens with one attached hydrogen (secondary N) is 2. The lowest BCUT2D eigenvalue weighted by Crippen LogP contribution is -2.61. The van der Waals surface area contributed by atoms with E-state index in [1.54, 1.807) is 53.9 Å². The summed E-state index contributed by atoms with van der Waals surface area (Å²) in [5, 5.41) is 35.5. The van der Waals surface area contributed by atoms with Gasteiger partial charge in [0.05, 0.1) is 36.7 Å². The molecule has 1 fully saturated rings. The lowest BCUT2D eigenvalue weighted by atomic mass is 9.76. The molecule has 0 aliphatic carbocycles. The van der Waals surface area contributed by atoms with E-state index in [0.717, 1.165) is 18.3 Å². The van der Waals surface area contributed by atoms with E-state index in [2.05, 4.69) is 20.4 Å². The smallest absolute Gasteiger partial charge is 0.428 e. The number of pyridine rings is 1. The number of likely N-dealkylation sites (N-methyl/N-ethyl adjacent to an activating group) is 1. The molecule has 2 aromatic heterocycles. The van der Waals surface area contributed by atoms with Gasteiger partial charge in [-0.05, 0) is 91.6 Å². The van der Waals surface area contributed by atoms with Crippen LogP contribution in [0, 0.1) is 11.8 Å². The molecule has 3 aliphatic heterocycles. The Morgan fingerprint density at radius 3 is 2.45 bits per heavy atom. The van der Waals surface area contributed by atoms with Crippen LogP contribution in [0.4, 0.5) is 10.2 Å². The summed E-state index contributed by atoms with van der Waals surface area (Å²) < 4.78 is 60.2. The second-order valence-electron chi connectivity index (χ2n) is 18.4. The molecule has 67 heavy (non-hydrogen) atoms. The van der Waals surface area contributed by atoms with E-state index in [1.165, 1.54) is 25.4 Å². The van der Waals surface area contributed by atoms with Crippen molar-refractivity contribution in [1.82, 2.24) is 20.2 Å². The van der Waals surface area contributed by atoms with Crippen LogP contribution in [0.15, 0.2) is 40.1 Å². The Balaban J connectivity index is 1.62. The number of anilines is 1. The van der Waals surface area contributed by atoms with E-state index in [1.807, 2.05) is 23.8 Å². The molecular weight excluding hydrogens is 919 g/mol. The summed E-state index contributed by atoms with van der Waals surface area (Å²) in [7, 11) is -0.953. The predicted molar refractivity (Wildman–Crippen MR) is 244 cm³/mol. The Kier molecular flexibility index (Phi) is 17.7. The number of ether oxygens (including phenoxy) is 5. The molecule has 0 aromatic carbocycles. The number of thiazole rings is 1.